The standard InChI is InChI=1S/C11H12O/c1-3-10-6-4-5-7-11(10)8-9(2)12/h3-8H,1-2H3/b10-3-,11-8-. The Morgan fingerprint density at radius 2 is 1.83 bits per heavy atom. The first-order chi connectivity index (χ1) is 5.74. The van der Waals surface area contributed by atoms with Gasteiger partial charge in [-0.3, -0.25) is 4.79 Å². The largest absolute Gasteiger partial charge is 0.295 e. The molecule has 0 aliphatic heterocycles. The van der Waals surface area contributed by atoms with Crippen molar-refractivity contribution in [3.63, 3.8) is 0 Å². The van der Waals surface area contributed by atoms with Crippen LogP contribution in [-0.2, 0) is 4.79 Å². The second kappa shape index (κ2) is 3.86. The maximum Gasteiger partial charge on any atom is 0.153 e. The number of ketones is 1. The summed E-state index contributed by atoms with van der Waals surface area (Å²) in [5.41, 5.74) is 0. The third-order valence-electron chi connectivity index (χ3n) is 1.67. The van der Waals surface area contributed by atoms with Crippen molar-refractivity contribution in [1.82, 2.24) is 0 Å². The van der Waals surface area contributed by atoms with Gasteiger partial charge in [0.05, 0.1) is 0 Å². The van der Waals surface area contributed by atoms with Gasteiger partial charge in [-0.2, -0.15) is 0 Å². The molecule has 0 spiro atoms. The summed E-state index contributed by atoms with van der Waals surface area (Å²) in [4.78, 5) is 10.8. The number of rotatable bonds is 1. The molecule has 1 aromatic carbocycles. The van der Waals surface area contributed by atoms with Crippen molar-refractivity contribution in [2.24, 2.45) is 0 Å². The molecule has 0 aliphatic rings. The van der Waals surface area contributed by atoms with Crippen LogP contribution in [0.4, 0.5) is 0 Å². The predicted octanol–water partition coefficient (Wildman–Crippen LogP) is 0.857. The van der Waals surface area contributed by atoms with Gasteiger partial charge in [-0.25, -0.2) is 0 Å². The molecule has 0 aromatic heterocycles. The van der Waals surface area contributed by atoms with Crippen LogP contribution < -0.4 is 10.4 Å². The highest BCUT2D eigenvalue weighted by molar-refractivity contribution is 6.04. The molecule has 0 heterocycles. The zero-order valence-electron chi connectivity index (χ0n) is 7.37. The zero-order chi connectivity index (χ0) is 8.97. The van der Waals surface area contributed by atoms with Crippen molar-refractivity contribution in [2.45, 2.75) is 13.8 Å². The van der Waals surface area contributed by atoms with Gasteiger partial charge in [0.15, 0.2) is 5.78 Å². The molecule has 1 nitrogen and oxygen atoms in total. The fraction of sp³-hybridized carbons (Fsp3) is 0.182. The third kappa shape index (κ3) is 2.06. The summed E-state index contributed by atoms with van der Waals surface area (Å²) in [6.45, 7) is 3.53. The van der Waals surface area contributed by atoms with E-state index in [2.05, 4.69) is 0 Å². The molecule has 12 heavy (non-hydrogen) atoms. The molecule has 0 bridgehead atoms. The summed E-state index contributed by atoms with van der Waals surface area (Å²) < 4.78 is 0. The minimum Gasteiger partial charge on any atom is -0.295 e. The molecular weight excluding hydrogens is 148 g/mol. The van der Waals surface area contributed by atoms with Crippen LogP contribution in [0.15, 0.2) is 24.3 Å². The van der Waals surface area contributed by atoms with E-state index in [1.807, 2.05) is 37.3 Å². The Morgan fingerprint density at radius 1 is 1.25 bits per heavy atom. The topological polar surface area (TPSA) is 17.1 Å². The number of carbonyl (C=O) groups excluding carboxylic acids is 1. The first-order valence-electron chi connectivity index (χ1n) is 3.97. The van der Waals surface area contributed by atoms with E-state index in [0.717, 1.165) is 10.4 Å². The van der Waals surface area contributed by atoms with Gasteiger partial charge in [0.1, 0.15) is 0 Å². The number of Topliss-reactive ketones (excluding diaryl/α,β-unsaturated/α-hetero) is 1. The molecule has 0 fully saturated rings. The molecule has 0 aliphatic carbocycles. The quantitative estimate of drug-likeness (QED) is 0.595. The normalized spacial score (nSPS) is 13.5. The minimum absolute atomic E-state index is 0.0873. The average molecular weight is 160 g/mol. The van der Waals surface area contributed by atoms with Crippen molar-refractivity contribution in [3.05, 3.63) is 34.7 Å². The van der Waals surface area contributed by atoms with Gasteiger partial charge < -0.3 is 0 Å². The van der Waals surface area contributed by atoms with Crippen LogP contribution in [0.3, 0.4) is 0 Å². The zero-order valence-corrected chi connectivity index (χ0v) is 7.37. The lowest BCUT2D eigenvalue weighted by Gasteiger charge is -1.87. The van der Waals surface area contributed by atoms with Gasteiger partial charge in [0.25, 0.3) is 0 Å². The summed E-state index contributed by atoms with van der Waals surface area (Å²) in [5, 5.41) is 2.10. The van der Waals surface area contributed by atoms with Crippen LogP contribution in [-0.4, -0.2) is 5.78 Å². The monoisotopic (exact) mass is 160 g/mol. The van der Waals surface area contributed by atoms with Gasteiger partial charge in [-0.15, -0.1) is 0 Å². The van der Waals surface area contributed by atoms with Gasteiger partial charge in [-0.05, 0) is 30.4 Å². The Bertz CT molecular complexity index is 388. The highest BCUT2D eigenvalue weighted by Gasteiger charge is 1.85. The molecule has 0 atom stereocenters. The second-order valence-corrected chi connectivity index (χ2v) is 2.67. The van der Waals surface area contributed by atoms with Crippen molar-refractivity contribution in [2.75, 3.05) is 0 Å². The summed E-state index contributed by atoms with van der Waals surface area (Å²) >= 11 is 0. The van der Waals surface area contributed by atoms with E-state index in [1.54, 1.807) is 13.0 Å². The highest BCUT2D eigenvalue weighted by atomic mass is 16.1. The fourth-order valence-corrected chi connectivity index (χ4v) is 1.12. The molecule has 0 radical (unpaired) electrons. The van der Waals surface area contributed by atoms with Crippen molar-refractivity contribution in [1.29, 1.82) is 0 Å². The van der Waals surface area contributed by atoms with Crippen LogP contribution in [0.2, 0.25) is 0 Å². The number of hydrogen-bond acceptors (Lipinski definition) is 1. The van der Waals surface area contributed by atoms with E-state index < -0.39 is 0 Å². The molecule has 1 heteroatoms. The summed E-state index contributed by atoms with van der Waals surface area (Å²) in [6.07, 6.45) is 3.64. The highest BCUT2D eigenvalue weighted by Crippen LogP contribution is 1.74. The Hall–Kier alpha value is -1.37. The van der Waals surface area contributed by atoms with E-state index >= 15 is 0 Å². The van der Waals surface area contributed by atoms with Crippen LogP contribution in [0.25, 0.3) is 12.2 Å². The maximum atomic E-state index is 10.8. The molecular formula is C11H12O. The number of carbonyl (C=O) groups is 1. The maximum absolute atomic E-state index is 10.8. The fourth-order valence-electron chi connectivity index (χ4n) is 1.12. The lowest BCUT2D eigenvalue weighted by atomic mass is 10.2. The Morgan fingerprint density at radius 3 is 2.33 bits per heavy atom. The van der Waals surface area contributed by atoms with Crippen molar-refractivity contribution >= 4 is 17.9 Å². The Balaban J connectivity index is 3.43. The van der Waals surface area contributed by atoms with Crippen molar-refractivity contribution in [3.8, 4) is 0 Å². The molecule has 0 N–H and O–H groups in total. The summed E-state index contributed by atoms with van der Waals surface area (Å²) in [7, 11) is 0. The van der Waals surface area contributed by atoms with E-state index in [4.69, 9.17) is 0 Å². The Labute approximate surface area is 72.0 Å². The third-order valence-corrected chi connectivity index (χ3v) is 1.67. The second-order valence-electron chi connectivity index (χ2n) is 2.67. The molecule has 0 saturated carbocycles. The minimum atomic E-state index is 0.0873. The van der Waals surface area contributed by atoms with Gasteiger partial charge >= 0.3 is 0 Å². The summed E-state index contributed by atoms with van der Waals surface area (Å²) in [6, 6.07) is 7.83. The molecule has 0 saturated heterocycles. The SMILES string of the molecule is C/C=c1/cccc/c1=C/C(C)=O. The Kier molecular flexibility index (Phi) is 2.81. The first kappa shape index (κ1) is 8.72. The lowest BCUT2D eigenvalue weighted by Crippen LogP contribution is -2.24. The number of benzene rings is 1. The van der Waals surface area contributed by atoms with E-state index in [9.17, 15) is 4.79 Å². The van der Waals surface area contributed by atoms with E-state index in [0.29, 0.717) is 0 Å². The average Bonchev–Trinajstić information content (AvgIpc) is 2.04. The smallest absolute Gasteiger partial charge is 0.153 e. The van der Waals surface area contributed by atoms with Gasteiger partial charge in [0, 0.05) is 0 Å². The van der Waals surface area contributed by atoms with Crippen LogP contribution in [0.5, 0.6) is 0 Å². The number of hydrogen-bond donors (Lipinski definition) is 0. The van der Waals surface area contributed by atoms with E-state index in [1.165, 1.54) is 0 Å². The van der Waals surface area contributed by atoms with Crippen LogP contribution in [0, 0.1) is 0 Å². The molecule has 1 rings (SSSR count). The van der Waals surface area contributed by atoms with E-state index in [-0.39, 0.29) is 5.78 Å². The van der Waals surface area contributed by atoms with Gasteiger partial charge in [-0.1, -0.05) is 30.3 Å². The lowest BCUT2D eigenvalue weighted by molar-refractivity contribution is -0.111. The first-order valence-corrected chi connectivity index (χ1v) is 3.97. The van der Waals surface area contributed by atoms with Crippen molar-refractivity contribution < 1.29 is 4.79 Å². The van der Waals surface area contributed by atoms with Crippen LogP contribution >= 0.6 is 0 Å². The molecule has 0 unspecified atom stereocenters. The van der Waals surface area contributed by atoms with Gasteiger partial charge in [0.2, 0.25) is 0 Å². The van der Waals surface area contributed by atoms with Crippen LogP contribution in [0.1, 0.15) is 13.8 Å². The summed E-state index contributed by atoms with van der Waals surface area (Å²) in [5.74, 6) is 0.0873. The molecule has 0 amide bonds. The molecule has 62 valence electrons. The molecule has 1 aromatic rings. The predicted molar refractivity (Wildman–Crippen MR) is 51.0 cm³/mol.